The lowest BCUT2D eigenvalue weighted by molar-refractivity contribution is -0.174. The maximum Gasteiger partial charge on any atom is 0.228 e. The second-order valence-electron chi connectivity index (χ2n) is 6.70. The summed E-state index contributed by atoms with van der Waals surface area (Å²) in [6.07, 6.45) is -0.667. The number of hydrogen-bond donors (Lipinski definition) is 2. The zero-order valence-corrected chi connectivity index (χ0v) is 13.0. The molecule has 1 fully saturated rings. The molecule has 19 heavy (non-hydrogen) atoms. The largest absolute Gasteiger partial charge is 0.391 e. The van der Waals surface area contributed by atoms with E-state index < -0.39 is 12.0 Å². The fraction of sp³-hybridized carbons (Fsp3) is 0.929. The zero-order chi connectivity index (χ0) is 14.8. The fourth-order valence-electron chi connectivity index (χ4n) is 2.26. The van der Waals surface area contributed by atoms with E-state index in [1.54, 1.807) is 14.0 Å². The molecule has 1 saturated heterocycles. The van der Waals surface area contributed by atoms with E-state index in [-0.39, 0.29) is 17.0 Å². The van der Waals surface area contributed by atoms with Gasteiger partial charge >= 0.3 is 0 Å². The van der Waals surface area contributed by atoms with Crippen molar-refractivity contribution in [3.05, 3.63) is 0 Å². The van der Waals surface area contributed by atoms with Crippen LogP contribution in [0.2, 0.25) is 0 Å². The first kappa shape index (κ1) is 16.4. The van der Waals surface area contributed by atoms with Gasteiger partial charge in [0.1, 0.15) is 0 Å². The normalized spacial score (nSPS) is 24.9. The van der Waals surface area contributed by atoms with Crippen LogP contribution < -0.4 is 5.32 Å². The molecule has 0 aliphatic carbocycles. The van der Waals surface area contributed by atoms with Crippen molar-refractivity contribution in [1.29, 1.82) is 0 Å². The third-order valence-electron chi connectivity index (χ3n) is 3.73. The molecule has 0 spiro atoms. The van der Waals surface area contributed by atoms with Crippen molar-refractivity contribution < 1.29 is 14.6 Å². The van der Waals surface area contributed by atoms with Gasteiger partial charge in [0.25, 0.3) is 0 Å². The molecule has 2 unspecified atom stereocenters. The van der Waals surface area contributed by atoms with Crippen molar-refractivity contribution in [1.82, 2.24) is 10.2 Å². The fourth-order valence-corrected chi connectivity index (χ4v) is 2.26. The number of morpholine rings is 1. The van der Waals surface area contributed by atoms with Crippen molar-refractivity contribution in [2.75, 3.05) is 26.7 Å². The van der Waals surface area contributed by atoms with Crippen LogP contribution in [0.5, 0.6) is 0 Å². The van der Waals surface area contributed by atoms with Gasteiger partial charge in [-0.2, -0.15) is 0 Å². The zero-order valence-electron chi connectivity index (χ0n) is 13.0. The molecule has 2 atom stereocenters. The van der Waals surface area contributed by atoms with E-state index in [0.29, 0.717) is 19.7 Å². The number of nitrogens with one attached hydrogen (secondary N) is 1. The molecule has 0 saturated carbocycles. The summed E-state index contributed by atoms with van der Waals surface area (Å²) >= 11 is 0. The molecule has 5 heteroatoms. The third kappa shape index (κ3) is 3.91. The minimum Gasteiger partial charge on any atom is -0.391 e. The number of nitrogens with zero attached hydrogens (tertiary/aromatic N) is 1. The lowest BCUT2D eigenvalue weighted by Gasteiger charge is -2.49. The predicted molar refractivity (Wildman–Crippen MR) is 74.9 cm³/mol. The molecular formula is C14H28N2O3. The highest BCUT2D eigenvalue weighted by molar-refractivity contribution is 5.80. The van der Waals surface area contributed by atoms with E-state index in [1.807, 2.05) is 32.6 Å². The smallest absolute Gasteiger partial charge is 0.228 e. The highest BCUT2D eigenvalue weighted by atomic mass is 16.5. The van der Waals surface area contributed by atoms with Gasteiger partial charge in [-0.05, 0) is 34.7 Å². The summed E-state index contributed by atoms with van der Waals surface area (Å²) in [5.41, 5.74) is -0.668. The number of aliphatic hydroxyl groups excluding tert-OH is 1. The average Bonchev–Trinajstić information content (AvgIpc) is 2.31. The second kappa shape index (κ2) is 5.77. The lowest BCUT2D eigenvalue weighted by atomic mass is 9.92. The maximum absolute atomic E-state index is 12.6. The van der Waals surface area contributed by atoms with Gasteiger partial charge in [0.15, 0.2) is 0 Å². The molecule has 1 rings (SSSR count). The van der Waals surface area contributed by atoms with Crippen molar-refractivity contribution in [2.24, 2.45) is 5.92 Å². The van der Waals surface area contributed by atoms with Crippen molar-refractivity contribution in [3.8, 4) is 0 Å². The van der Waals surface area contributed by atoms with Crippen LogP contribution in [0.4, 0.5) is 0 Å². The minimum atomic E-state index is -0.667. The Morgan fingerprint density at radius 2 is 2.00 bits per heavy atom. The number of hydrogen-bond acceptors (Lipinski definition) is 4. The molecule has 0 aromatic rings. The van der Waals surface area contributed by atoms with E-state index in [1.165, 1.54) is 0 Å². The average molecular weight is 272 g/mol. The first-order chi connectivity index (χ1) is 8.60. The molecule has 0 aromatic heterocycles. The predicted octanol–water partition coefficient (Wildman–Crippen LogP) is 0.619. The minimum absolute atomic E-state index is 0.0101. The highest BCUT2D eigenvalue weighted by Crippen LogP contribution is 2.29. The number of carbonyl (C=O) groups excluding carboxylic acids is 1. The molecule has 0 bridgehead atoms. The van der Waals surface area contributed by atoms with Gasteiger partial charge < -0.3 is 20.1 Å². The Hall–Kier alpha value is -0.650. The Morgan fingerprint density at radius 1 is 1.42 bits per heavy atom. The van der Waals surface area contributed by atoms with Crippen LogP contribution in [0.3, 0.4) is 0 Å². The number of ether oxygens (including phenoxy) is 1. The first-order valence-corrected chi connectivity index (χ1v) is 6.89. The Labute approximate surface area is 116 Å². The summed E-state index contributed by atoms with van der Waals surface area (Å²) in [4.78, 5) is 14.4. The van der Waals surface area contributed by atoms with E-state index in [2.05, 4.69) is 5.32 Å². The van der Waals surface area contributed by atoms with Crippen LogP contribution in [0.25, 0.3) is 0 Å². The molecule has 1 amide bonds. The Balaban J connectivity index is 2.83. The quantitative estimate of drug-likeness (QED) is 0.787. The summed E-state index contributed by atoms with van der Waals surface area (Å²) in [5, 5.41) is 12.9. The van der Waals surface area contributed by atoms with Crippen LogP contribution in [-0.2, 0) is 9.53 Å². The number of likely N-dealkylation sites (N-methyl/N-ethyl adjacent to an activating group) is 1. The van der Waals surface area contributed by atoms with Gasteiger partial charge in [0.2, 0.25) is 5.91 Å². The van der Waals surface area contributed by atoms with Crippen molar-refractivity contribution in [3.63, 3.8) is 0 Å². The van der Waals surface area contributed by atoms with Crippen LogP contribution in [0.1, 0.15) is 34.6 Å². The van der Waals surface area contributed by atoms with Crippen LogP contribution >= 0.6 is 0 Å². The Kier molecular flexibility index (Phi) is 4.98. The van der Waals surface area contributed by atoms with Crippen molar-refractivity contribution in [2.45, 2.75) is 51.9 Å². The van der Waals surface area contributed by atoms with Crippen molar-refractivity contribution >= 4 is 5.91 Å². The monoisotopic (exact) mass is 272 g/mol. The van der Waals surface area contributed by atoms with Gasteiger partial charge in [-0.1, -0.05) is 6.92 Å². The SMILES string of the molecule is CNCC(O)C(C)C(=O)N1CC(C)(C)OCC1(C)C. The molecular weight excluding hydrogens is 244 g/mol. The van der Waals surface area contributed by atoms with Gasteiger partial charge in [-0.25, -0.2) is 0 Å². The number of rotatable bonds is 4. The molecule has 1 aliphatic rings. The number of amides is 1. The molecule has 5 nitrogen and oxygen atoms in total. The van der Waals surface area contributed by atoms with Gasteiger partial charge in [-0.3, -0.25) is 4.79 Å². The molecule has 112 valence electrons. The summed E-state index contributed by atoms with van der Waals surface area (Å²) in [7, 11) is 1.77. The van der Waals surface area contributed by atoms with Crippen LogP contribution in [0, 0.1) is 5.92 Å². The Bertz CT molecular complexity index is 329. The third-order valence-corrected chi connectivity index (χ3v) is 3.73. The van der Waals surface area contributed by atoms with E-state index in [9.17, 15) is 9.90 Å². The molecule has 0 aromatic carbocycles. The maximum atomic E-state index is 12.6. The topological polar surface area (TPSA) is 61.8 Å². The first-order valence-electron chi connectivity index (χ1n) is 6.89. The van der Waals surface area contributed by atoms with Crippen LogP contribution in [0.15, 0.2) is 0 Å². The molecule has 0 radical (unpaired) electrons. The Morgan fingerprint density at radius 3 is 2.53 bits per heavy atom. The molecule has 1 aliphatic heterocycles. The molecule has 1 heterocycles. The summed E-state index contributed by atoms with van der Waals surface area (Å²) < 4.78 is 5.78. The summed E-state index contributed by atoms with van der Waals surface area (Å²) in [6, 6.07) is 0. The summed E-state index contributed by atoms with van der Waals surface area (Å²) in [6.45, 7) is 11.2. The van der Waals surface area contributed by atoms with E-state index in [4.69, 9.17) is 4.74 Å². The number of aliphatic hydroxyl groups is 1. The molecule has 2 N–H and O–H groups in total. The number of carbonyl (C=O) groups is 1. The van der Waals surface area contributed by atoms with E-state index in [0.717, 1.165) is 0 Å². The second-order valence-corrected chi connectivity index (χ2v) is 6.70. The van der Waals surface area contributed by atoms with Gasteiger partial charge in [0, 0.05) is 13.1 Å². The van der Waals surface area contributed by atoms with Gasteiger partial charge in [-0.15, -0.1) is 0 Å². The van der Waals surface area contributed by atoms with Gasteiger partial charge in [0.05, 0.1) is 29.8 Å². The summed E-state index contributed by atoms with van der Waals surface area (Å²) in [5.74, 6) is -0.426. The van der Waals surface area contributed by atoms with E-state index >= 15 is 0 Å². The highest BCUT2D eigenvalue weighted by Gasteiger charge is 2.43. The lowest BCUT2D eigenvalue weighted by Crippen LogP contribution is -2.63. The van der Waals surface area contributed by atoms with Crippen LogP contribution in [-0.4, -0.2) is 59.9 Å². The standard InChI is InChI=1S/C14H28N2O3/c1-10(11(17)7-15-6)12(18)16-8-14(4,5)19-9-13(16,2)3/h10-11,15,17H,7-9H2,1-6H3.